The van der Waals surface area contributed by atoms with Gasteiger partial charge in [0.2, 0.25) is 0 Å². The van der Waals surface area contributed by atoms with Crippen LogP contribution in [-0.2, 0) is 23.9 Å². The second kappa shape index (κ2) is 17.9. The number of carbonyl (C=O) groups is 3. The number of aliphatic hydroxyl groups is 2. The normalized spacial score (nSPS) is 35.8. The Morgan fingerprint density at radius 3 is 2.16 bits per heavy atom. The van der Waals surface area contributed by atoms with Crippen LogP contribution in [0.5, 0.6) is 11.5 Å². The first-order valence-electron chi connectivity index (χ1n) is 21.4. The van der Waals surface area contributed by atoms with E-state index < -0.39 is 82.2 Å². The maximum atomic E-state index is 17.1. The van der Waals surface area contributed by atoms with E-state index >= 15 is 8.78 Å². The SMILES string of the molecule is CC1(C)O[C@@H]2C[C@H]3[C@@H]4C[C@H](F)C5=CC(=O)C=C[C@]5(C)[C@@]4(F)[C@@H](O)C[C@]3(C)[C@]2(C(=O)CO)O1.CC1=C(/C=C/C(C)=C/C=C/C(C)=C/C(=O)O)C(C)(C)CCC1.Oc1ccc(O)cc1. The van der Waals surface area contributed by atoms with Gasteiger partial charge >= 0.3 is 5.97 Å². The molecule has 5 N–H and O–H groups in total. The number of aromatic hydroxyl groups is 2. The van der Waals surface area contributed by atoms with E-state index in [1.165, 1.54) is 79.8 Å². The van der Waals surface area contributed by atoms with Gasteiger partial charge in [-0.05, 0) is 145 Å². The number of rotatable bonds is 7. The monoisotopic (exact) mass is 862 g/mol. The van der Waals surface area contributed by atoms with Crippen LogP contribution in [0, 0.1) is 28.1 Å². The van der Waals surface area contributed by atoms with Crippen LogP contribution >= 0.6 is 0 Å². The molecule has 7 rings (SSSR count). The summed E-state index contributed by atoms with van der Waals surface area (Å²) in [5.74, 6) is -4.10. The van der Waals surface area contributed by atoms with Gasteiger partial charge < -0.3 is 35.0 Å². The lowest BCUT2D eigenvalue weighted by Gasteiger charge is -2.63. The Kier molecular flexibility index (Phi) is 14.0. The molecule has 0 unspecified atom stereocenters. The summed E-state index contributed by atoms with van der Waals surface area (Å²) in [6.07, 6.45) is 14.9. The molecule has 1 aromatic rings. The van der Waals surface area contributed by atoms with Gasteiger partial charge in [-0.2, -0.15) is 0 Å². The van der Waals surface area contributed by atoms with Crippen LogP contribution in [0.15, 0.2) is 107 Å². The quantitative estimate of drug-likeness (QED) is 0.101. The zero-order valence-electron chi connectivity index (χ0n) is 37.4. The van der Waals surface area contributed by atoms with Crippen molar-refractivity contribution in [1.29, 1.82) is 0 Å². The summed E-state index contributed by atoms with van der Waals surface area (Å²) in [5, 5.41) is 47.1. The van der Waals surface area contributed by atoms with Crippen LogP contribution in [0.4, 0.5) is 8.78 Å². The molecule has 1 aromatic carbocycles. The lowest BCUT2D eigenvalue weighted by atomic mass is 9.44. The third-order valence-electron chi connectivity index (χ3n) is 14.2. The number of halogens is 2. The van der Waals surface area contributed by atoms with Gasteiger partial charge in [-0.15, -0.1) is 0 Å². The molecule has 0 amide bonds. The van der Waals surface area contributed by atoms with Crippen LogP contribution < -0.4 is 0 Å². The Labute approximate surface area is 364 Å². The average Bonchev–Trinajstić information content (AvgIpc) is 3.59. The number of allylic oxidation sites excluding steroid dienone is 13. The Balaban J connectivity index is 0.000000209. The molecule has 9 atom stereocenters. The molecule has 0 bridgehead atoms. The highest BCUT2D eigenvalue weighted by Crippen LogP contribution is 2.72. The molecule has 6 aliphatic rings. The van der Waals surface area contributed by atoms with E-state index in [1.54, 1.807) is 33.8 Å². The van der Waals surface area contributed by atoms with Crippen molar-refractivity contribution in [3.05, 3.63) is 107 Å². The minimum absolute atomic E-state index is 0.0550. The van der Waals surface area contributed by atoms with Crippen molar-refractivity contribution in [3.8, 4) is 11.5 Å². The van der Waals surface area contributed by atoms with E-state index in [0.29, 0.717) is 0 Å². The van der Waals surface area contributed by atoms with Crippen LogP contribution in [0.1, 0.15) is 101 Å². The first-order valence-corrected chi connectivity index (χ1v) is 21.4. The average molecular weight is 863 g/mol. The number of phenols is 2. The fraction of sp³-hybridized carbons (Fsp3) is 0.540. The molecule has 10 nitrogen and oxygen atoms in total. The Morgan fingerprint density at radius 1 is 0.952 bits per heavy atom. The molecule has 1 aliphatic heterocycles. The number of aliphatic hydroxyl groups excluding tert-OH is 2. The number of benzene rings is 1. The van der Waals surface area contributed by atoms with Gasteiger partial charge in [0.1, 0.15) is 24.3 Å². The molecule has 62 heavy (non-hydrogen) atoms. The molecule has 3 saturated carbocycles. The second-order valence-electron chi connectivity index (χ2n) is 19.3. The fourth-order valence-corrected chi connectivity index (χ4v) is 11.2. The highest BCUT2D eigenvalue weighted by molar-refractivity contribution is 6.01. The summed E-state index contributed by atoms with van der Waals surface area (Å²) >= 11 is 0. The number of phenolic OH excluding ortho intramolecular Hbond substituents is 2. The van der Waals surface area contributed by atoms with Crippen LogP contribution in [0.3, 0.4) is 0 Å². The minimum atomic E-state index is -2.24. The molecular weight excluding hydrogens is 799 g/mol. The van der Waals surface area contributed by atoms with E-state index in [-0.39, 0.29) is 41.7 Å². The highest BCUT2D eigenvalue weighted by Gasteiger charge is 2.80. The van der Waals surface area contributed by atoms with Crippen molar-refractivity contribution >= 4 is 17.5 Å². The first kappa shape index (κ1) is 48.5. The van der Waals surface area contributed by atoms with E-state index in [9.17, 15) is 24.6 Å². The lowest BCUT2D eigenvalue weighted by molar-refractivity contribution is -0.248. The predicted molar refractivity (Wildman–Crippen MR) is 232 cm³/mol. The summed E-state index contributed by atoms with van der Waals surface area (Å²) in [7, 11) is 0. The van der Waals surface area contributed by atoms with Crippen molar-refractivity contribution in [1.82, 2.24) is 0 Å². The summed E-state index contributed by atoms with van der Waals surface area (Å²) in [4.78, 5) is 35.6. The molecule has 338 valence electrons. The van der Waals surface area contributed by atoms with Gasteiger partial charge in [0.05, 0.1) is 12.2 Å². The molecule has 1 heterocycles. The number of aliphatic carboxylic acids is 1. The number of carboxylic acid groups (broad SMARTS) is 1. The molecule has 5 aliphatic carbocycles. The van der Waals surface area contributed by atoms with Crippen molar-refractivity contribution < 1.29 is 58.2 Å². The number of hydrogen-bond donors (Lipinski definition) is 5. The van der Waals surface area contributed by atoms with E-state index in [4.69, 9.17) is 24.8 Å². The Morgan fingerprint density at radius 2 is 1.58 bits per heavy atom. The lowest BCUT2D eigenvalue weighted by Crippen LogP contribution is -2.71. The third-order valence-corrected chi connectivity index (χ3v) is 14.2. The summed E-state index contributed by atoms with van der Waals surface area (Å²) in [6.45, 7) is 16.6. The second-order valence-corrected chi connectivity index (χ2v) is 19.3. The fourth-order valence-electron chi connectivity index (χ4n) is 11.2. The van der Waals surface area contributed by atoms with Crippen LogP contribution in [-0.4, -0.2) is 85.1 Å². The van der Waals surface area contributed by atoms with E-state index in [1.807, 2.05) is 12.2 Å². The zero-order chi connectivity index (χ0) is 46.2. The van der Waals surface area contributed by atoms with Crippen LogP contribution in [0.25, 0.3) is 0 Å². The highest BCUT2D eigenvalue weighted by atomic mass is 19.1. The van der Waals surface area contributed by atoms with Crippen LogP contribution in [0.2, 0.25) is 0 Å². The van der Waals surface area contributed by atoms with Gasteiger partial charge in [0.25, 0.3) is 0 Å². The molecule has 0 aromatic heterocycles. The van der Waals surface area contributed by atoms with Gasteiger partial charge in [0.15, 0.2) is 28.6 Å². The van der Waals surface area contributed by atoms with Crippen molar-refractivity contribution in [2.45, 2.75) is 136 Å². The van der Waals surface area contributed by atoms with E-state index in [2.05, 4.69) is 39.8 Å². The third kappa shape index (κ3) is 8.98. The number of carboxylic acids is 1. The number of fused-ring (bicyclic) bond motifs is 7. The number of carbonyl (C=O) groups excluding carboxylic acids is 2. The topological polar surface area (TPSA) is 171 Å². The van der Waals surface area contributed by atoms with Gasteiger partial charge in [-0.25, -0.2) is 13.6 Å². The number of alkyl halides is 2. The standard InChI is InChI=1S/C24H30F2O6.C20H28O2.C6H6O2/c1-20(2)31-19-9-13-14-8-16(25)15-7-12(28)5-6-21(15,3)23(14,26)17(29)10-22(13,4)24(19,32-20)18(30)11-27;1-15(8-6-9-16(2)14-19(21)22)11-12-18-17(3)10-7-13-20(18,4)5;7-5-1-2-6(8)4-3-5/h5-7,13-14,16-17,19,27,29H,8-11H2,1-4H3;6,8-9,11-12,14H,7,10,13H2,1-5H3,(H,21,22);1-4,7-8H/b;9-6+,12-11+,15-8+,16-14+;/t13-,14-,16-,17-,19+,21-,22-,23-,24+;;/m0../s1. The smallest absolute Gasteiger partial charge is 0.328 e. The maximum Gasteiger partial charge on any atom is 0.328 e. The van der Waals surface area contributed by atoms with Crippen molar-refractivity contribution in [2.75, 3.05) is 6.61 Å². The number of ketones is 2. The Bertz CT molecular complexity index is 2100. The Hall–Kier alpha value is -4.49. The first-order chi connectivity index (χ1) is 28.8. The molecule has 4 fully saturated rings. The predicted octanol–water partition coefficient (Wildman–Crippen LogP) is 9.07. The number of ether oxygens (including phenoxy) is 2. The summed E-state index contributed by atoms with van der Waals surface area (Å²) in [6, 6.07) is 5.70. The molecule has 1 saturated heterocycles. The summed E-state index contributed by atoms with van der Waals surface area (Å²) in [5.41, 5.74) is -1.20. The van der Waals surface area contributed by atoms with Crippen molar-refractivity contribution in [2.24, 2.45) is 28.1 Å². The molecule has 0 spiro atoms. The largest absolute Gasteiger partial charge is 0.508 e. The van der Waals surface area contributed by atoms with Gasteiger partial charge in [0, 0.05) is 22.8 Å². The van der Waals surface area contributed by atoms with Gasteiger partial charge in [-0.3, -0.25) is 9.59 Å². The zero-order valence-corrected chi connectivity index (χ0v) is 37.4. The minimum Gasteiger partial charge on any atom is -0.508 e. The van der Waals surface area contributed by atoms with Gasteiger partial charge in [-0.1, -0.05) is 68.4 Å². The molecular formula is C50H64F2O10. The summed E-state index contributed by atoms with van der Waals surface area (Å²) < 4.78 is 44.8. The number of hydrogen-bond acceptors (Lipinski definition) is 9. The molecule has 0 radical (unpaired) electrons. The number of Topliss-reactive ketones (excluding diaryl/α,β-unsaturated/α-hetero) is 1. The van der Waals surface area contributed by atoms with E-state index in [0.717, 1.165) is 17.2 Å². The maximum absolute atomic E-state index is 17.1. The molecule has 12 heteroatoms. The van der Waals surface area contributed by atoms with Crippen molar-refractivity contribution in [3.63, 3.8) is 0 Å².